The number of benzene rings is 3. The van der Waals surface area contributed by atoms with Crippen LogP contribution in [0.3, 0.4) is 0 Å². The lowest BCUT2D eigenvalue weighted by atomic mass is 10.0. The number of nitrogens with zero attached hydrogens (tertiary/aromatic N) is 1. The van der Waals surface area contributed by atoms with Gasteiger partial charge in [0.2, 0.25) is 5.91 Å². The summed E-state index contributed by atoms with van der Waals surface area (Å²) in [5.41, 5.74) is 5.41. The predicted octanol–water partition coefficient (Wildman–Crippen LogP) is 6.58. The molecule has 4 rings (SSSR count). The lowest BCUT2D eigenvalue weighted by Gasteiger charge is -2.06. The number of carbonyl (C=O) groups excluding carboxylic acids is 1. The fourth-order valence-electron chi connectivity index (χ4n) is 3.24. The molecule has 0 radical (unpaired) electrons. The van der Waals surface area contributed by atoms with Gasteiger partial charge in [0.05, 0.1) is 12.3 Å². The van der Waals surface area contributed by atoms with Gasteiger partial charge in [0.1, 0.15) is 5.75 Å². The minimum atomic E-state index is -0.0480. The van der Waals surface area contributed by atoms with Crippen molar-refractivity contribution in [1.82, 2.24) is 4.98 Å². The van der Waals surface area contributed by atoms with Gasteiger partial charge in [-0.05, 0) is 42.2 Å². The minimum Gasteiger partial charge on any atom is -0.494 e. The monoisotopic (exact) mass is 428 g/mol. The Labute approximate surface area is 186 Å². The Morgan fingerprint density at radius 1 is 0.935 bits per heavy atom. The first-order chi connectivity index (χ1) is 15.2. The van der Waals surface area contributed by atoms with E-state index in [0.29, 0.717) is 24.6 Å². The zero-order valence-electron chi connectivity index (χ0n) is 17.4. The zero-order chi connectivity index (χ0) is 21.5. The fraction of sp³-hybridized carbons (Fsp3) is 0.154. The molecule has 0 fully saturated rings. The third kappa shape index (κ3) is 5.80. The van der Waals surface area contributed by atoms with Crippen LogP contribution in [0.25, 0.3) is 22.4 Å². The quantitative estimate of drug-likeness (QED) is 0.322. The highest BCUT2D eigenvalue weighted by atomic mass is 32.1. The van der Waals surface area contributed by atoms with E-state index in [9.17, 15) is 4.79 Å². The maximum Gasteiger partial charge on any atom is 0.226 e. The smallest absolute Gasteiger partial charge is 0.226 e. The summed E-state index contributed by atoms with van der Waals surface area (Å²) < 4.78 is 5.70. The van der Waals surface area contributed by atoms with E-state index in [2.05, 4.69) is 46.7 Å². The van der Waals surface area contributed by atoms with Crippen LogP contribution in [0.5, 0.6) is 5.75 Å². The Balaban J connectivity index is 1.27. The molecular formula is C26H24N2O2S. The molecule has 3 aromatic carbocycles. The van der Waals surface area contributed by atoms with Gasteiger partial charge < -0.3 is 10.1 Å². The highest BCUT2D eigenvalue weighted by Gasteiger charge is 2.09. The zero-order valence-corrected chi connectivity index (χ0v) is 18.2. The van der Waals surface area contributed by atoms with Crippen molar-refractivity contribution in [2.45, 2.75) is 19.8 Å². The van der Waals surface area contributed by atoms with Crippen molar-refractivity contribution in [2.75, 3.05) is 11.9 Å². The Hall–Kier alpha value is -3.44. The molecule has 0 spiro atoms. The van der Waals surface area contributed by atoms with Crippen molar-refractivity contribution >= 4 is 22.4 Å². The highest BCUT2D eigenvalue weighted by molar-refractivity contribution is 7.14. The summed E-state index contributed by atoms with van der Waals surface area (Å²) in [6.07, 6.45) is 1.05. The summed E-state index contributed by atoms with van der Waals surface area (Å²) in [5, 5.41) is 5.47. The Morgan fingerprint density at radius 3 is 2.45 bits per heavy atom. The number of hydrogen-bond donors (Lipinski definition) is 1. The Kier molecular flexibility index (Phi) is 6.75. The number of ether oxygens (including phenoxy) is 1. The van der Waals surface area contributed by atoms with E-state index in [4.69, 9.17) is 4.74 Å². The molecule has 0 aliphatic carbocycles. The van der Waals surface area contributed by atoms with E-state index in [-0.39, 0.29) is 5.91 Å². The van der Waals surface area contributed by atoms with Crippen molar-refractivity contribution in [2.24, 2.45) is 0 Å². The first-order valence-corrected chi connectivity index (χ1v) is 11.2. The second-order valence-corrected chi connectivity index (χ2v) is 8.16. The average molecular weight is 429 g/mol. The van der Waals surface area contributed by atoms with Crippen LogP contribution in [0.1, 0.15) is 18.4 Å². The molecule has 156 valence electrons. The lowest BCUT2D eigenvalue weighted by Crippen LogP contribution is -2.12. The van der Waals surface area contributed by atoms with Crippen LogP contribution in [-0.2, 0) is 4.79 Å². The second kappa shape index (κ2) is 10.0. The molecule has 31 heavy (non-hydrogen) atoms. The first-order valence-electron chi connectivity index (χ1n) is 10.3. The van der Waals surface area contributed by atoms with Gasteiger partial charge in [0.15, 0.2) is 5.13 Å². The van der Waals surface area contributed by atoms with Crippen molar-refractivity contribution < 1.29 is 9.53 Å². The number of amides is 1. The Bertz CT molecular complexity index is 1140. The second-order valence-electron chi connectivity index (χ2n) is 7.30. The van der Waals surface area contributed by atoms with Crippen molar-refractivity contribution in [3.05, 3.63) is 89.8 Å². The molecule has 0 saturated carbocycles. The molecule has 5 heteroatoms. The van der Waals surface area contributed by atoms with Gasteiger partial charge in [-0.3, -0.25) is 4.79 Å². The number of aromatic nitrogens is 1. The molecule has 0 atom stereocenters. The van der Waals surface area contributed by atoms with Crippen molar-refractivity contribution in [3.63, 3.8) is 0 Å². The number of aryl methyl sites for hydroxylation is 1. The Morgan fingerprint density at radius 2 is 1.68 bits per heavy atom. The number of thiazole rings is 1. The number of anilines is 1. The molecule has 1 aromatic heterocycles. The van der Waals surface area contributed by atoms with Gasteiger partial charge in [0.25, 0.3) is 0 Å². The molecule has 0 aliphatic rings. The average Bonchev–Trinajstić information content (AvgIpc) is 3.26. The number of rotatable bonds is 8. The van der Waals surface area contributed by atoms with E-state index < -0.39 is 0 Å². The van der Waals surface area contributed by atoms with E-state index in [1.807, 2.05) is 54.8 Å². The van der Waals surface area contributed by atoms with E-state index >= 15 is 0 Å². The fourth-order valence-corrected chi connectivity index (χ4v) is 3.97. The van der Waals surface area contributed by atoms with Gasteiger partial charge in [-0.2, -0.15) is 0 Å². The molecule has 4 aromatic rings. The van der Waals surface area contributed by atoms with E-state index in [0.717, 1.165) is 22.6 Å². The summed E-state index contributed by atoms with van der Waals surface area (Å²) in [5.74, 6) is 0.788. The third-order valence-corrected chi connectivity index (χ3v) is 5.60. The molecule has 4 nitrogen and oxygen atoms in total. The van der Waals surface area contributed by atoms with Crippen molar-refractivity contribution in [3.8, 4) is 28.1 Å². The van der Waals surface area contributed by atoms with Crippen LogP contribution in [-0.4, -0.2) is 17.5 Å². The van der Waals surface area contributed by atoms with Crippen molar-refractivity contribution in [1.29, 1.82) is 0 Å². The normalized spacial score (nSPS) is 10.6. The molecule has 1 N–H and O–H groups in total. The lowest BCUT2D eigenvalue weighted by molar-refractivity contribution is -0.116. The SMILES string of the molecule is Cc1cccc(OCCCC(=O)Nc2nc(-c3ccc(-c4ccccc4)cc3)cs2)c1. The van der Waals surface area contributed by atoms with E-state index in [1.165, 1.54) is 22.5 Å². The van der Waals surface area contributed by atoms with Crippen LogP contribution >= 0.6 is 11.3 Å². The number of carbonyl (C=O) groups is 1. The summed E-state index contributed by atoms with van der Waals surface area (Å²) in [4.78, 5) is 16.8. The van der Waals surface area contributed by atoms with Gasteiger partial charge in [-0.25, -0.2) is 4.98 Å². The maximum atomic E-state index is 12.2. The summed E-state index contributed by atoms with van der Waals surface area (Å²) in [7, 11) is 0. The molecular weight excluding hydrogens is 404 g/mol. The highest BCUT2D eigenvalue weighted by Crippen LogP contribution is 2.27. The molecule has 1 heterocycles. The van der Waals surface area contributed by atoms with Gasteiger partial charge in [0, 0.05) is 17.4 Å². The number of hydrogen-bond acceptors (Lipinski definition) is 4. The predicted molar refractivity (Wildman–Crippen MR) is 128 cm³/mol. The number of nitrogens with one attached hydrogen (secondary N) is 1. The topological polar surface area (TPSA) is 51.2 Å². The summed E-state index contributed by atoms with van der Waals surface area (Å²) >= 11 is 1.44. The van der Waals surface area contributed by atoms with E-state index in [1.54, 1.807) is 0 Å². The van der Waals surface area contributed by atoms with Crippen LogP contribution in [0.2, 0.25) is 0 Å². The third-order valence-electron chi connectivity index (χ3n) is 4.84. The summed E-state index contributed by atoms with van der Waals surface area (Å²) in [6, 6.07) is 26.5. The van der Waals surface area contributed by atoms with Gasteiger partial charge >= 0.3 is 0 Å². The van der Waals surface area contributed by atoms with Gasteiger partial charge in [-0.15, -0.1) is 11.3 Å². The first kappa shape index (κ1) is 20.8. The summed E-state index contributed by atoms with van der Waals surface area (Å²) in [6.45, 7) is 2.54. The van der Waals surface area contributed by atoms with Crippen LogP contribution in [0.4, 0.5) is 5.13 Å². The van der Waals surface area contributed by atoms with Gasteiger partial charge in [-0.1, -0.05) is 66.7 Å². The molecule has 0 bridgehead atoms. The minimum absolute atomic E-state index is 0.0480. The van der Waals surface area contributed by atoms with Crippen LogP contribution < -0.4 is 10.1 Å². The molecule has 0 aliphatic heterocycles. The largest absolute Gasteiger partial charge is 0.494 e. The maximum absolute atomic E-state index is 12.2. The molecule has 1 amide bonds. The van der Waals surface area contributed by atoms with Crippen LogP contribution in [0, 0.1) is 6.92 Å². The standard InChI is InChI=1S/C26H24N2O2S/c1-19-7-5-10-23(17-19)30-16-6-11-25(29)28-26-27-24(18-31-26)22-14-12-21(13-15-22)20-8-3-2-4-9-20/h2-5,7-10,12-15,17-18H,6,11,16H2,1H3,(H,27,28,29). The van der Waals surface area contributed by atoms with Crippen LogP contribution in [0.15, 0.2) is 84.2 Å². The molecule has 0 saturated heterocycles. The molecule has 0 unspecified atom stereocenters.